The van der Waals surface area contributed by atoms with Crippen LogP contribution in [0.5, 0.6) is 0 Å². The van der Waals surface area contributed by atoms with Crippen LogP contribution in [0, 0.1) is 0 Å². The molecule has 31 heavy (non-hydrogen) atoms. The number of carbonyl (C=O) groups excluding carboxylic acids is 3. The number of H-pyrrole nitrogens is 1. The second-order valence-electron chi connectivity index (χ2n) is 7.48. The molecule has 3 amide bonds. The first-order valence-electron chi connectivity index (χ1n) is 10.4. The van der Waals surface area contributed by atoms with Crippen LogP contribution in [-0.2, 0) is 25.6 Å². The van der Waals surface area contributed by atoms with E-state index in [1.807, 2.05) is 0 Å². The van der Waals surface area contributed by atoms with Gasteiger partial charge in [-0.15, -0.1) is 0 Å². The maximum absolute atomic E-state index is 13.1. The summed E-state index contributed by atoms with van der Waals surface area (Å²) in [7, 11) is 0. The number of carboxylic acid groups (broad SMARTS) is 1. The number of imidazole rings is 1. The lowest BCUT2D eigenvalue weighted by molar-refractivity contribution is -0.144. The molecule has 1 aliphatic rings. The number of carboxylic acids is 1. The van der Waals surface area contributed by atoms with Crippen molar-refractivity contribution in [1.29, 1.82) is 0 Å². The molecule has 1 aromatic heterocycles. The third-order valence-electron chi connectivity index (χ3n) is 5.20. The Kier molecular flexibility index (Phi) is 9.40. The molecule has 12 nitrogen and oxygen atoms in total. The Morgan fingerprint density at radius 1 is 1.23 bits per heavy atom. The van der Waals surface area contributed by atoms with Crippen LogP contribution >= 0.6 is 0 Å². The smallest absolute Gasteiger partial charge is 0.326 e. The monoisotopic (exact) mass is 437 g/mol. The van der Waals surface area contributed by atoms with E-state index in [0.717, 1.165) is 0 Å². The maximum atomic E-state index is 13.1. The molecule has 1 fully saturated rings. The summed E-state index contributed by atoms with van der Waals surface area (Å²) in [6.45, 7) is 0.562. The topological polar surface area (TPSA) is 197 Å². The van der Waals surface area contributed by atoms with E-state index in [1.54, 1.807) is 0 Å². The van der Waals surface area contributed by atoms with Crippen molar-refractivity contribution >= 4 is 23.7 Å². The van der Waals surface area contributed by atoms with E-state index in [1.165, 1.54) is 17.4 Å². The van der Waals surface area contributed by atoms with Gasteiger partial charge in [0.2, 0.25) is 17.7 Å². The molecule has 2 rings (SSSR count). The van der Waals surface area contributed by atoms with Crippen molar-refractivity contribution in [3.8, 4) is 0 Å². The van der Waals surface area contributed by atoms with E-state index >= 15 is 0 Å². The normalized spacial score (nSPS) is 17.7. The van der Waals surface area contributed by atoms with Crippen LogP contribution in [0.3, 0.4) is 0 Å². The van der Waals surface area contributed by atoms with Crippen LogP contribution in [0.2, 0.25) is 0 Å². The molecule has 172 valence electrons. The highest BCUT2D eigenvalue weighted by Crippen LogP contribution is 2.20. The lowest BCUT2D eigenvalue weighted by atomic mass is 10.1. The predicted octanol–water partition coefficient (Wildman–Crippen LogP) is -1.91. The summed E-state index contributed by atoms with van der Waals surface area (Å²) < 4.78 is 0. The summed E-state index contributed by atoms with van der Waals surface area (Å²) in [5, 5.41) is 14.6. The molecule has 3 unspecified atom stereocenters. The SMILES string of the molecule is NCCCCC(NC(=O)CN)C(=O)N1CCCC1C(=O)NC(Cc1cnc[nH]1)C(=O)O. The van der Waals surface area contributed by atoms with Crippen LogP contribution in [0.15, 0.2) is 12.5 Å². The molecular weight excluding hydrogens is 406 g/mol. The Balaban J connectivity index is 2.06. The average Bonchev–Trinajstić information content (AvgIpc) is 3.43. The van der Waals surface area contributed by atoms with Gasteiger partial charge in [0.05, 0.1) is 12.9 Å². The quantitative estimate of drug-likeness (QED) is 0.203. The minimum atomic E-state index is -1.19. The van der Waals surface area contributed by atoms with E-state index in [-0.39, 0.29) is 18.9 Å². The highest BCUT2D eigenvalue weighted by atomic mass is 16.4. The number of carbonyl (C=O) groups is 4. The van der Waals surface area contributed by atoms with E-state index in [9.17, 15) is 24.3 Å². The highest BCUT2D eigenvalue weighted by molar-refractivity contribution is 5.94. The Labute approximate surface area is 180 Å². The molecule has 1 saturated heterocycles. The second kappa shape index (κ2) is 12.0. The van der Waals surface area contributed by atoms with Gasteiger partial charge in [0.25, 0.3) is 0 Å². The molecule has 1 aliphatic heterocycles. The van der Waals surface area contributed by atoms with Crippen LogP contribution in [0.4, 0.5) is 0 Å². The van der Waals surface area contributed by atoms with Crippen molar-refractivity contribution in [1.82, 2.24) is 25.5 Å². The van der Waals surface area contributed by atoms with Crippen molar-refractivity contribution in [2.75, 3.05) is 19.6 Å². The number of nitrogens with two attached hydrogens (primary N) is 2. The number of aromatic nitrogens is 2. The highest BCUT2D eigenvalue weighted by Gasteiger charge is 2.38. The number of rotatable bonds is 12. The van der Waals surface area contributed by atoms with Gasteiger partial charge < -0.3 is 37.1 Å². The zero-order chi connectivity index (χ0) is 22.8. The van der Waals surface area contributed by atoms with E-state index in [2.05, 4.69) is 20.6 Å². The Morgan fingerprint density at radius 2 is 2.00 bits per heavy atom. The molecule has 0 radical (unpaired) electrons. The van der Waals surface area contributed by atoms with Crippen molar-refractivity contribution in [3.63, 3.8) is 0 Å². The van der Waals surface area contributed by atoms with E-state index in [0.29, 0.717) is 50.9 Å². The van der Waals surface area contributed by atoms with Gasteiger partial charge in [0, 0.05) is 24.9 Å². The number of hydrogen-bond acceptors (Lipinski definition) is 7. The van der Waals surface area contributed by atoms with Crippen molar-refractivity contribution in [3.05, 3.63) is 18.2 Å². The number of amides is 3. The third-order valence-corrected chi connectivity index (χ3v) is 5.20. The zero-order valence-corrected chi connectivity index (χ0v) is 17.4. The van der Waals surface area contributed by atoms with Gasteiger partial charge in [-0.05, 0) is 38.6 Å². The predicted molar refractivity (Wildman–Crippen MR) is 110 cm³/mol. The molecule has 0 spiro atoms. The molecule has 1 aromatic rings. The molecule has 8 N–H and O–H groups in total. The molecule has 0 bridgehead atoms. The summed E-state index contributed by atoms with van der Waals surface area (Å²) in [6, 6.07) is -2.78. The zero-order valence-electron chi connectivity index (χ0n) is 17.4. The van der Waals surface area contributed by atoms with Gasteiger partial charge in [-0.2, -0.15) is 0 Å². The fourth-order valence-corrected chi connectivity index (χ4v) is 3.59. The van der Waals surface area contributed by atoms with Crippen molar-refractivity contribution in [2.45, 2.75) is 56.7 Å². The Hall–Kier alpha value is -2.99. The summed E-state index contributed by atoms with van der Waals surface area (Å²) in [5.74, 6) is -2.56. The molecule has 3 atom stereocenters. The summed E-state index contributed by atoms with van der Waals surface area (Å²) in [6.07, 6.45) is 5.66. The van der Waals surface area contributed by atoms with Crippen LogP contribution in [0.25, 0.3) is 0 Å². The van der Waals surface area contributed by atoms with Gasteiger partial charge in [-0.1, -0.05) is 0 Å². The summed E-state index contributed by atoms with van der Waals surface area (Å²) in [5.41, 5.74) is 11.4. The number of nitrogens with zero attached hydrogens (tertiary/aromatic N) is 2. The summed E-state index contributed by atoms with van der Waals surface area (Å²) >= 11 is 0. The fourth-order valence-electron chi connectivity index (χ4n) is 3.59. The van der Waals surface area contributed by atoms with E-state index in [4.69, 9.17) is 11.5 Å². The minimum Gasteiger partial charge on any atom is -0.480 e. The first kappa shape index (κ1) is 24.3. The van der Waals surface area contributed by atoms with Crippen molar-refractivity contribution < 1.29 is 24.3 Å². The maximum Gasteiger partial charge on any atom is 0.326 e. The summed E-state index contributed by atoms with van der Waals surface area (Å²) in [4.78, 5) is 57.4. The standard InChI is InChI=1S/C19H31N7O5/c20-6-2-1-4-13(24-16(27)9-21)18(29)26-7-3-5-15(26)17(28)25-14(19(30)31)8-12-10-22-11-23-12/h10-11,13-15H,1-9,20-21H2,(H,22,23)(H,24,27)(H,25,28)(H,30,31). The fraction of sp³-hybridized carbons (Fsp3) is 0.632. The van der Waals surface area contributed by atoms with Gasteiger partial charge in [0.1, 0.15) is 18.1 Å². The average molecular weight is 438 g/mol. The number of aromatic amines is 1. The first-order chi connectivity index (χ1) is 14.9. The van der Waals surface area contributed by atoms with Gasteiger partial charge in [0.15, 0.2) is 0 Å². The van der Waals surface area contributed by atoms with Gasteiger partial charge >= 0.3 is 5.97 Å². The lowest BCUT2D eigenvalue weighted by Crippen LogP contribution is -2.56. The van der Waals surface area contributed by atoms with Crippen LogP contribution in [0.1, 0.15) is 37.8 Å². The number of aliphatic carboxylic acids is 1. The Morgan fingerprint density at radius 3 is 2.61 bits per heavy atom. The molecular formula is C19H31N7O5. The number of nitrogens with one attached hydrogen (secondary N) is 3. The lowest BCUT2D eigenvalue weighted by Gasteiger charge is -2.29. The molecule has 12 heteroatoms. The van der Waals surface area contributed by atoms with Crippen molar-refractivity contribution in [2.24, 2.45) is 11.5 Å². The largest absolute Gasteiger partial charge is 0.480 e. The van der Waals surface area contributed by atoms with Gasteiger partial charge in [-0.3, -0.25) is 14.4 Å². The third kappa shape index (κ3) is 7.03. The van der Waals surface area contributed by atoms with Crippen LogP contribution in [-0.4, -0.2) is 81.4 Å². The van der Waals surface area contributed by atoms with Crippen LogP contribution < -0.4 is 22.1 Å². The molecule has 0 saturated carbocycles. The number of likely N-dealkylation sites (tertiary alicyclic amines) is 1. The second-order valence-corrected chi connectivity index (χ2v) is 7.48. The molecule has 0 aliphatic carbocycles. The Bertz CT molecular complexity index is 755. The number of hydrogen-bond donors (Lipinski definition) is 6. The van der Waals surface area contributed by atoms with Gasteiger partial charge in [-0.25, -0.2) is 9.78 Å². The van der Waals surface area contributed by atoms with E-state index < -0.39 is 35.9 Å². The molecule has 0 aromatic carbocycles. The molecule has 2 heterocycles. The first-order valence-corrected chi connectivity index (χ1v) is 10.4. The minimum absolute atomic E-state index is 0.0377. The number of unbranched alkanes of at least 4 members (excludes halogenated alkanes) is 1.